The summed E-state index contributed by atoms with van der Waals surface area (Å²) in [4.78, 5) is 2.41. The first-order chi connectivity index (χ1) is 11.6. The van der Waals surface area contributed by atoms with Gasteiger partial charge in [0.05, 0.1) is 0 Å². The molecule has 2 nitrogen and oxygen atoms in total. The molecule has 0 amide bonds. The summed E-state index contributed by atoms with van der Waals surface area (Å²) in [5, 5.41) is 9.60. The van der Waals surface area contributed by atoms with Gasteiger partial charge < -0.3 is 10.0 Å². The minimum atomic E-state index is -1.29. The molecule has 2 aromatic carbocycles. The van der Waals surface area contributed by atoms with Gasteiger partial charge in [-0.2, -0.15) is 0 Å². The molecule has 1 saturated heterocycles. The minimum absolute atomic E-state index is 0. The first-order valence-corrected chi connectivity index (χ1v) is 8.90. The van der Waals surface area contributed by atoms with Crippen LogP contribution in [0.3, 0.4) is 0 Å². The van der Waals surface area contributed by atoms with E-state index in [1.807, 2.05) is 0 Å². The molecule has 0 spiro atoms. The standard InChI is InChI=1S/C21H24FNO.ClH/c22-21(18-7-4-8-19(24)14-18)9-11-23(12-10-21)15-17-13-20(17)16-5-2-1-3-6-16;/h1-8,14,17,20,24H,9-13,15H2;1H/t17-,20-;/m1./s1. The van der Waals surface area contributed by atoms with Crippen LogP contribution in [0.4, 0.5) is 4.39 Å². The van der Waals surface area contributed by atoms with E-state index in [4.69, 9.17) is 0 Å². The average Bonchev–Trinajstić information content (AvgIpc) is 3.37. The molecule has 134 valence electrons. The molecule has 1 aliphatic carbocycles. The fourth-order valence-electron chi connectivity index (χ4n) is 4.05. The van der Waals surface area contributed by atoms with Crippen LogP contribution in [0.1, 0.15) is 36.3 Å². The molecule has 4 heteroatoms. The van der Waals surface area contributed by atoms with Crippen molar-refractivity contribution in [2.45, 2.75) is 30.8 Å². The molecule has 2 aromatic rings. The maximum atomic E-state index is 15.2. The molecular weight excluding hydrogens is 337 g/mol. The van der Waals surface area contributed by atoms with E-state index in [9.17, 15) is 5.11 Å². The van der Waals surface area contributed by atoms with Crippen molar-refractivity contribution < 1.29 is 9.50 Å². The van der Waals surface area contributed by atoms with E-state index < -0.39 is 5.67 Å². The van der Waals surface area contributed by atoms with Crippen LogP contribution in [0.15, 0.2) is 54.6 Å². The quantitative estimate of drug-likeness (QED) is 0.839. The number of piperidine rings is 1. The molecule has 1 saturated carbocycles. The number of alkyl halides is 1. The van der Waals surface area contributed by atoms with Crippen LogP contribution in [0, 0.1) is 5.92 Å². The summed E-state index contributed by atoms with van der Waals surface area (Å²) >= 11 is 0. The lowest BCUT2D eigenvalue weighted by Crippen LogP contribution is -2.41. The SMILES string of the molecule is Cl.Oc1cccc(C2(F)CCN(C[C@H]3C[C@@H]3c3ccccc3)CC2)c1. The lowest BCUT2D eigenvalue weighted by Gasteiger charge is -2.37. The number of nitrogens with zero attached hydrogens (tertiary/aromatic N) is 1. The highest BCUT2D eigenvalue weighted by atomic mass is 35.5. The molecule has 0 radical (unpaired) electrons. The Morgan fingerprint density at radius 3 is 2.44 bits per heavy atom. The minimum Gasteiger partial charge on any atom is -0.508 e. The van der Waals surface area contributed by atoms with Gasteiger partial charge in [-0.1, -0.05) is 42.5 Å². The summed E-state index contributed by atoms with van der Waals surface area (Å²) in [5.41, 5.74) is 0.771. The van der Waals surface area contributed by atoms with Crippen molar-refractivity contribution in [3.8, 4) is 5.75 Å². The van der Waals surface area contributed by atoms with Gasteiger partial charge in [0.15, 0.2) is 0 Å². The predicted molar refractivity (Wildman–Crippen MR) is 101 cm³/mol. The van der Waals surface area contributed by atoms with Gasteiger partial charge in [-0.3, -0.25) is 0 Å². The van der Waals surface area contributed by atoms with E-state index in [0.29, 0.717) is 24.3 Å². The van der Waals surface area contributed by atoms with E-state index in [2.05, 4.69) is 35.2 Å². The second-order valence-corrected chi connectivity index (χ2v) is 7.33. The van der Waals surface area contributed by atoms with Crippen LogP contribution in [0.25, 0.3) is 0 Å². The Balaban J connectivity index is 0.00000182. The van der Waals surface area contributed by atoms with Crippen LogP contribution >= 0.6 is 12.4 Å². The van der Waals surface area contributed by atoms with Crippen molar-refractivity contribution in [2.75, 3.05) is 19.6 Å². The Morgan fingerprint density at radius 2 is 1.76 bits per heavy atom. The molecule has 0 bridgehead atoms. The number of phenols is 1. The zero-order valence-corrected chi connectivity index (χ0v) is 15.1. The fourth-order valence-corrected chi connectivity index (χ4v) is 4.05. The molecule has 25 heavy (non-hydrogen) atoms. The maximum absolute atomic E-state index is 15.2. The lowest BCUT2D eigenvalue weighted by atomic mass is 9.86. The normalized spacial score (nSPS) is 25.2. The van der Waals surface area contributed by atoms with Gasteiger partial charge in [-0.05, 0) is 54.4 Å². The van der Waals surface area contributed by atoms with Crippen LogP contribution in [0.5, 0.6) is 5.75 Å². The van der Waals surface area contributed by atoms with Gasteiger partial charge in [0, 0.05) is 19.6 Å². The number of phenolic OH excluding ortho intramolecular Hbond substituents is 1. The number of benzene rings is 2. The number of likely N-dealkylation sites (tertiary alicyclic amines) is 1. The predicted octanol–water partition coefficient (Wildman–Crippen LogP) is 4.88. The third kappa shape index (κ3) is 3.99. The Labute approximate surface area is 155 Å². The molecule has 1 N–H and O–H groups in total. The second-order valence-electron chi connectivity index (χ2n) is 7.33. The van der Waals surface area contributed by atoms with Crippen molar-refractivity contribution in [3.05, 3.63) is 65.7 Å². The number of aromatic hydroxyl groups is 1. The van der Waals surface area contributed by atoms with Crippen molar-refractivity contribution >= 4 is 12.4 Å². The van der Waals surface area contributed by atoms with Crippen LogP contribution in [-0.4, -0.2) is 29.6 Å². The molecule has 4 rings (SSSR count). The Hall–Kier alpha value is -1.58. The van der Waals surface area contributed by atoms with E-state index in [1.54, 1.807) is 24.3 Å². The van der Waals surface area contributed by atoms with Crippen molar-refractivity contribution in [3.63, 3.8) is 0 Å². The van der Waals surface area contributed by atoms with E-state index in [-0.39, 0.29) is 18.2 Å². The van der Waals surface area contributed by atoms with Gasteiger partial charge in [0.25, 0.3) is 0 Å². The van der Waals surface area contributed by atoms with Gasteiger partial charge in [-0.25, -0.2) is 4.39 Å². The molecule has 2 fully saturated rings. The lowest BCUT2D eigenvalue weighted by molar-refractivity contribution is 0.0536. The van der Waals surface area contributed by atoms with Gasteiger partial charge in [0.2, 0.25) is 0 Å². The smallest absolute Gasteiger partial charge is 0.138 e. The van der Waals surface area contributed by atoms with E-state index in [0.717, 1.165) is 25.6 Å². The topological polar surface area (TPSA) is 23.5 Å². The van der Waals surface area contributed by atoms with Gasteiger partial charge in [-0.15, -0.1) is 12.4 Å². The van der Waals surface area contributed by atoms with Crippen molar-refractivity contribution in [1.29, 1.82) is 0 Å². The largest absolute Gasteiger partial charge is 0.508 e. The first-order valence-electron chi connectivity index (χ1n) is 8.90. The summed E-state index contributed by atoms with van der Waals surface area (Å²) < 4.78 is 15.2. The second kappa shape index (κ2) is 7.35. The number of hydrogen-bond donors (Lipinski definition) is 1. The molecule has 0 aromatic heterocycles. The van der Waals surface area contributed by atoms with Crippen LogP contribution in [0.2, 0.25) is 0 Å². The molecule has 0 unspecified atom stereocenters. The van der Waals surface area contributed by atoms with E-state index in [1.165, 1.54) is 12.0 Å². The highest BCUT2D eigenvalue weighted by Crippen LogP contribution is 2.48. The summed E-state index contributed by atoms with van der Waals surface area (Å²) in [5.74, 6) is 1.56. The van der Waals surface area contributed by atoms with E-state index >= 15 is 4.39 Å². The Kier molecular flexibility index (Phi) is 5.35. The Morgan fingerprint density at radius 1 is 1.04 bits per heavy atom. The van der Waals surface area contributed by atoms with Crippen molar-refractivity contribution in [1.82, 2.24) is 4.90 Å². The summed E-state index contributed by atoms with van der Waals surface area (Å²) in [7, 11) is 0. The number of rotatable bonds is 4. The summed E-state index contributed by atoms with van der Waals surface area (Å²) in [6.45, 7) is 2.67. The summed E-state index contributed by atoms with van der Waals surface area (Å²) in [6, 6.07) is 17.4. The molecule has 2 aliphatic rings. The first kappa shape index (κ1) is 18.2. The van der Waals surface area contributed by atoms with Gasteiger partial charge in [0.1, 0.15) is 11.4 Å². The highest BCUT2D eigenvalue weighted by molar-refractivity contribution is 5.85. The monoisotopic (exact) mass is 361 g/mol. The molecular formula is C21H25ClFNO. The van der Waals surface area contributed by atoms with Crippen molar-refractivity contribution in [2.24, 2.45) is 5.92 Å². The van der Waals surface area contributed by atoms with Gasteiger partial charge >= 0.3 is 0 Å². The number of halogens is 2. The van der Waals surface area contributed by atoms with Crippen LogP contribution in [-0.2, 0) is 5.67 Å². The average molecular weight is 362 g/mol. The zero-order valence-electron chi connectivity index (χ0n) is 14.3. The Bertz CT molecular complexity index is 700. The highest BCUT2D eigenvalue weighted by Gasteiger charge is 2.42. The zero-order chi connectivity index (χ0) is 16.6. The number of hydrogen-bond acceptors (Lipinski definition) is 2. The van der Waals surface area contributed by atoms with Crippen LogP contribution < -0.4 is 0 Å². The molecule has 2 atom stereocenters. The fraction of sp³-hybridized carbons (Fsp3) is 0.429. The molecule has 1 aliphatic heterocycles. The third-order valence-corrected chi connectivity index (χ3v) is 5.66. The molecule has 1 heterocycles. The third-order valence-electron chi connectivity index (χ3n) is 5.66. The maximum Gasteiger partial charge on any atom is 0.138 e. The summed E-state index contributed by atoms with van der Waals surface area (Å²) in [6.07, 6.45) is 2.28.